The lowest BCUT2D eigenvalue weighted by atomic mass is 9.95. The first-order valence-corrected chi connectivity index (χ1v) is 13.2. The van der Waals surface area contributed by atoms with Gasteiger partial charge in [0.25, 0.3) is 5.91 Å². The number of amides is 2. The highest BCUT2D eigenvalue weighted by atomic mass is 16.2. The topological polar surface area (TPSA) is 55.9 Å². The number of carbonyl (C=O) groups is 2. The summed E-state index contributed by atoms with van der Waals surface area (Å²) in [4.78, 5) is 33.0. The third-order valence-corrected chi connectivity index (χ3v) is 7.99. The van der Waals surface area contributed by atoms with Crippen LogP contribution >= 0.6 is 0 Å². The molecule has 4 rings (SSSR count). The van der Waals surface area contributed by atoms with Crippen molar-refractivity contribution in [1.82, 2.24) is 20.0 Å². The molecule has 3 fully saturated rings. The van der Waals surface area contributed by atoms with Crippen molar-refractivity contribution >= 4 is 11.8 Å². The lowest BCUT2D eigenvalue weighted by molar-refractivity contribution is -0.129. The fourth-order valence-electron chi connectivity index (χ4n) is 6.01. The number of hydrogen-bond donors (Lipinski definition) is 1. The number of hydrogen-bond acceptors (Lipinski definition) is 4. The summed E-state index contributed by atoms with van der Waals surface area (Å²) in [6.45, 7) is 8.31. The summed E-state index contributed by atoms with van der Waals surface area (Å²) >= 11 is 0. The highest BCUT2D eigenvalue weighted by Crippen LogP contribution is 2.31. The number of piperazine rings is 1. The molecule has 1 N–H and O–H groups in total. The Bertz CT molecular complexity index is 757. The number of rotatable bonds is 8. The van der Waals surface area contributed by atoms with E-state index in [2.05, 4.69) is 22.0 Å². The number of likely N-dealkylation sites (tertiary alicyclic amines) is 1. The molecule has 1 aromatic rings. The summed E-state index contributed by atoms with van der Waals surface area (Å²) in [7, 11) is 0. The number of nitrogens with one attached hydrogen (secondary N) is 1. The lowest BCUT2D eigenvalue weighted by Crippen LogP contribution is -2.58. The van der Waals surface area contributed by atoms with E-state index in [-0.39, 0.29) is 17.9 Å². The van der Waals surface area contributed by atoms with E-state index in [1.807, 2.05) is 35.2 Å². The van der Waals surface area contributed by atoms with Crippen LogP contribution < -0.4 is 5.32 Å². The third kappa shape index (κ3) is 6.36. The van der Waals surface area contributed by atoms with Gasteiger partial charge in [-0.25, -0.2) is 0 Å². The molecule has 1 aromatic carbocycles. The van der Waals surface area contributed by atoms with Crippen LogP contribution in [-0.2, 0) is 4.79 Å². The number of benzene rings is 1. The molecule has 2 heterocycles. The molecule has 0 aromatic heterocycles. The second kappa shape index (κ2) is 12.0. The third-order valence-electron chi connectivity index (χ3n) is 7.99. The standard InChI is InChI=1S/C27H42N4O2/c1-22-10-7-8-16-29(22)17-9-15-28-26(32)25(23-11-5-6-12-23)30-18-20-31(21-19-30)27(33)24-13-3-2-4-14-24/h2-4,13-14,22-23,25H,5-12,15-21H2,1H3,(H,28,32)/t22-,25-/m0/s1. The Morgan fingerprint density at radius 3 is 2.33 bits per heavy atom. The summed E-state index contributed by atoms with van der Waals surface area (Å²) < 4.78 is 0. The first kappa shape index (κ1) is 24.2. The fourth-order valence-corrected chi connectivity index (χ4v) is 6.01. The molecular formula is C27H42N4O2. The zero-order valence-electron chi connectivity index (χ0n) is 20.4. The predicted octanol–water partition coefficient (Wildman–Crippen LogP) is 3.38. The van der Waals surface area contributed by atoms with E-state index in [0.29, 0.717) is 25.0 Å². The molecule has 0 unspecified atom stereocenters. The van der Waals surface area contributed by atoms with E-state index < -0.39 is 0 Å². The van der Waals surface area contributed by atoms with Crippen LogP contribution in [-0.4, -0.2) is 84.4 Å². The van der Waals surface area contributed by atoms with Crippen molar-refractivity contribution in [3.63, 3.8) is 0 Å². The van der Waals surface area contributed by atoms with Crippen LogP contribution in [0.15, 0.2) is 30.3 Å². The molecule has 0 radical (unpaired) electrons. The summed E-state index contributed by atoms with van der Waals surface area (Å²) in [5.74, 6) is 0.754. The van der Waals surface area contributed by atoms with E-state index in [0.717, 1.165) is 51.0 Å². The van der Waals surface area contributed by atoms with Crippen molar-refractivity contribution in [2.75, 3.05) is 45.8 Å². The van der Waals surface area contributed by atoms with Gasteiger partial charge in [0.2, 0.25) is 5.91 Å². The zero-order valence-corrected chi connectivity index (χ0v) is 20.4. The summed E-state index contributed by atoms with van der Waals surface area (Å²) in [6.07, 6.45) is 9.73. The summed E-state index contributed by atoms with van der Waals surface area (Å²) in [5, 5.41) is 3.28. The Morgan fingerprint density at radius 1 is 0.939 bits per heavy atom. The molecule has 2 aliphatic heterocycles. The molecule has 6 heteroatoms. The quantitative estimate of drug-likeness (QED) is 0.612. The van der Waals surface area contributed by atoms with Crippen molar-refractivity contribution in [3.8, 4) is 0 Å². The SMILES string of the molecule is C[C@H]1CCCCN1CCCNC(=O)[C@H](C1CCCC1)N1CCN(C(=O)c2ccccc2)CC1. The van der Waals surface area contributed by atoms with Crippen molar-refractivity contribution in [1.29, 1.82) is 0 Å². The Kier molecular flexibility index (Phi) is 8.79. The Morgan fingerprint density at radius 2 is 1.64 bits per heavy atom. The second-order valence-electron chi connectivity index (χ2n) is 10.2. The van der Waals surface area contributed by atoms with Gasteiger partial charge in [0.1, 0.15) is 0 Å². The molecular weight excluding hydrogens is 412 g/mol. The Labute approximate surface area is 199 Å². The van der Waals surface area contributed by atoms with Gasteiger partial charge >= 0.3 is 0 Å². The number of carbonyl (C=O) groups excluding carboxylic acids is 2. The van der Waals surface area contributed by atoms with Crippen molar-refractivity contribution in [2.45, 2.75) is 70.4 Å². The van der Waals surface area contributed by atoms with Gasteiger partial charge < -0.3 is 15.1 Å². The van der Waals surface area contributed by atoms with Gasteiger partial charge in [-0.05, 0) is 63.6 Å². The maximum Gasteiger partial charge on any atom is 0.253 e. The van der Waals surface area contributed by atoms with Crippen LogP contribution in [0.5, 0.6) is 0 Å². The van der Waals surface area contributed by atoms with E-state index >= 15 is 0 Å². The molecule has 2 amide bonds. The molecule has 0 bridgehead atoms. The predicted molar refractivity (Wildman–Crippen MR) is 132 cm³/mol. The molecule has 3 aliphatic rings. The van der Waals surface area contributed by atoms with E-state index in [1.165, 1.54) is 38.6 Å². The van der Waals surface area contributed by atoms with Gasteiger partial charge in [0, 0.05) is 50.9 Å². The average Bonchev–Trinajstić information content (AvgIpc) is 3.38. The summed E-state index contributed by atoms with van der Waals surface area (Å²) in [5.41, 5.74) is 0.749. The zero-order chi connectivity index (χ0) is 23.0. The molecule has 1 saturated carbocycles. The smallest absolute Gasteiger partial charge is 0.253 e. The van der Waals surface area contributed by atoms with Crippen molar-refractivity contribution in [2.24, 2.45) is 5.92 Å². The highest BCUT2D eigenvalue weighted by molar-refractivity contribution is 5.94. The first-order valence-electron chi connectivity index (χ1n) is 13.2. The second-order valence-corrected chi connectivity index (χ2v) is 10.2. The van der Waals surface area contributed by atoms with Crippen molar-refractivity contribution < 1.29 is 9.59 Å². The van der Waals surface area contributed by atoms with Crippen LogP contribution in [0.3, 0.4) is 0 Å². The molecule has 0 spiro atoms. The van der Waals surface area contributed by atoms with Crippen LogP contribution in [0.4, 0.5) is 0 Å². The average molecular weight is 455 g/mol. The molecule has 6 nitrogen and oxygen atoms in total. The van der Waals surface area contributed by atoms with Gasteiger partial charge in [-0.2, -0.15) is 0 Å². The minimum absolute atomic E-state index is 0.0459. The first-order chi connectivity index (χ1) is 16.1. The lowest BCUT2D eigenvalue weighted by Gasteiger charge is -2.41. The fraction of sp³-hybridized carbons (Fsp3) is 0.704. The Balaban J connectivity index is 1.28. The maximum absolute atomic E-state index is 13.3. The van der Waals surface area contributed by atoms with Gasteiger partial charge in [-0.3, -0.25) is 14.5 Å². The van der Waals surface area contributed by atoms with Gasteiger partial charge in [0.15, 0.2) is 0 Å². The van der Waals surface area contributed by atoms with Crippen LogP contribution in [0.1, 0.15) is 68.6 Å². The van der Waals surface area contributed by atoms with Gasteiger partial charge in [-0.15, -0.1) is 0 Å². The number of piperidine rings is 1. The Hall–Kier alpha value is -1.92. The summed E-state index contributed by atoms with van der Waals surface area (Å²) in [6, 6.07) is 10.2. The van der Waals surface area contributed by atoms with Gasteiger partial charge in [-0.1, -0.05) is 37.5 Å². The normalized spacial score (nSPS) is 24.0. The number of nitrogens with zero attached hydrogens (tertiary/aromatic N) is 3. The molecule has 2 saturated heterocycles. The van der Waals surface area contributed by atoms with Crippen molar-refractivity contribution in [3.05, 3.63) is 35.9 Å². The van der Waals surface area contributed by atoms with Crippen LogP contribution in [0.25, 0.3) is 0 Å². The molecule has 182 valence electrons. The highest BCUT2D eigenvalue weighted by Gasteiger charge is 2.37. The van der Waals surface area contributed by atoms with Gasteiger partial charge in [0.05, 0.1) is 6.04 Å². The van der Waals surface area contributed by atoms with E-state index in [4.69, 9.17) is 0 Å². The minimum atomic E-state index is -0.0459. The van der Waals surface area contributed by atoms with E-state index in [1.54, 1.807) is 0 Å². The van der Waals surface area contributed by atoms with Crippen LogP contribution in [0.2, 0.25) is 0 Å². The van der Waals surface area contributed by atoms with E-state index in [9.17, 15) is 9.59 Å². The molecule has 2 atom stereocenters. The molecule has 33 heavy (non-hydrogen) atoms. The monoisotopic (exact) mass is 454 g/mol. The maximum atomic E-state index is 13.3. The van der Waals surface area contributed by atoms with Crippen LogP contribution in [0, 0.1) is 5.92 Å². The minimum Gasteiger partial charge on any atom is -0.355 e. The molecule has 1 aliphatic carbocycles. The largest absolute Gasteiger partial charge is 0.355 e.